The molecule has 0 saturated heterocycles. The third-order valence-corrected chi connectivity index (χ3v) is 4.03. The molecule has 1 fully saturated rings. The predicted molar refractivity (Wildman–Crippen MR) is 81.4 cm³/mol. The van der Waals surface area contributed by atoms with E-state index < -0.39 is 4.92 Å². The summed E-state index contributed by atoms with van der Waals surface area (Å²) in [5.74, 6) is 0.552. The van der Waals surface area contributed by atoms with Gasteiger partial charge < -0.3 is 10.6 Å². The van der Waals surface area contributed by atoms with Crippen molar-refractivity contribution in [2.45, 2.75) is 39.0 Å². The van der Waals surface area contributed by atoms with Gasteiger partial charge in [0.2, 0.25) is 0 Å². The highest BCUT2D eigenvalue weighted by Gasteiger charge is 2.16. The first kappa shape index (κ1) is 15.3. The van der Waals surface area contributed by atoms with Gasteiger partial charge in [-0.15, -0.1) is 0 Å². The van der Waals surface area contributed by atoms with E-state index in [-0.39, 0.29) is 11.7 Å². The Morgan fingerprint density at radius 2 is 2.05 bits per heavy atom. The Morgan fingerprint density at radius 1 is 1.33 bits per heavy atom. The van der Waals surface area contributed by atoms with Crippen molar-refractivity contribution in [2.24, 2.45) is 5.92 Å². The van der Waals surface area contributed by atoms with Crippen molar-refractivity contribution < 1.29 is 9.72 Å². The molecule has 2 N–H and O–H groups in total. The predicted octanol–water partition coefficient (Wildman–Crippen LogP) is 3.61. The largest absolute Gasteiger partial charge is 0.338 e. The monoisotopic (exact) mass is 291 g/mol. The molecule has 0 unspecified atom stereocenters. The number of carbonyl (C=O) groups excluding carboxylic acids is 1. The molecule has 114 valence electrons. The zero-order chi connectivity index (χ0) is 15.2. The first-order chi connectivity index (χ1) is 10.1. The number of hydrogen-bond donors (Lipinski definition) is 2. The molecule has 2 amide bonds. The fourth-order valence-corrected chi connectivity index (χ4v) is 2.75. The molecule has 0 spiro atoms. The van der Waals surface area contributed by atoms with Gasteiger partial charge in [-0.3, -0.25) is 10.1 Å². The number of nitrogens with one attached hydrogen (secondary N) is 2. The SMILES string of the molecule is Cc1c(NC(=O)NCC2CCCCC2)cccc1[N+](=O)[O-]. The maximum absolute atomic E-state index is 11.9. The Bertz CT molecular complexity index is 525. The summed E-state index contributed by atoms with van der Waals surface area (Å²) in [4.78, 5) is 22.3. The van der Waals surface area contributed by atoms with Crippen LogP contribution in [0.1, 0.15) is 37.7 Å². The molecule has 1 aromatic carbocycles. The van der Waals surface area contributed by atoms with Crippen LogP contribution in [-0.4, -0.2) is 17.5 Å². The molecule has 0 aromatic heterocycles. The highest BCUT2D eigenvalue weighted by molar-refractivity contribution is 5.90. The van der Waals surface area contributed by atoms with Gasteiger partial charge in [0.1, 0.15) is 0 Å². The maximum Gasteiger partial charge on any atom is 0.319 e. The Balaban J connectivity index is 1.90. The smallest absolute Gasteiger partial charge is 0.319 e. The molecule has 0 heterocycles. The van der Waals surface area contributed by atoms with Crippen LogP contribution < -0.4 is 10.6 Å². The van der Waals surface area contributed by atoms with Crippen LogP contribution in [0.3, 0.4) is 0 Å². The van der Waals surface area contributed by atoms with Crippen molar-refractivity contribution >= 4 is 17.4 Å². The van der Waals surface area contributed by atoms with E-state index in [2.05, 4.69) is 10.6 Å². The number of carbonyl (C=O) groups is 1. The molecule has 1 aliphatic rings. The number of nitrogens with zero attached hydrogens (tertiary/aromatic N) is 1. The molecule has 1 aromatic rings. The Labute approximate surface area is 124 Å². The minimum absolute atomic E-state index is 0.0140. The van der Waals surface area contributed by atoms with E-state index in [0.29, 0.717) is 23.7 Å². The number of urea groups is 1. The van der Waals surface area contributed by atoms with Crippen LogP contribution in [0.25, 0.3) is 0 Å². The van der Waals surface area contributed by atoms with Crippen molar-refractivity contribution in [3.63, 3.8) is 0 Å². The third kappa shape index (κ3) is 4.18. The number of benzene rings is 1. The van der Waals surface area contributed by atoms with Gasteiger partial charge >= 0.3 is 6.03 Å². The molecular formula is C15H21N3O3. The van der Waals surface area contributed by atoms with Crippen molar-refractivity contribution in [1.29, 1.82) is 0 Å². The lowest BCUT2D eigenvalue weighted by molar-refractivity contribution is -0.385. The molecular weight excluding hydrogens is 270 g/mol. The summed E-state index contributed by atoms with van der Waals surface area (Å²) in [5.41, 5.74) is 0.959. The molecule has 0 bridgehead atoms. The number of hydrogen-bond acceptors (Lipinski definition) is 3. The van der Waals surface area contributed by atoms with Gasteiger partial charge in [-0.1, -0.05) is 25.3 Å². The van der Waals surface area contributed by atoms with Gasteiger partial charge in [-0.25, -0.2) is 4.79 Å². The normalized spacial score (nSPS) is 15.5. The Morgan fingerprint density at radius 3 is 2.71 bits per heavy atom. The first-order valence-corrected chi connectivity index (χ1v) is 7.37. The highest BCUT2D eigenvalue weighted by atomic mass is 16.6. The zero-order valence-corrected chi connectivity index (χ0v) is 12.2. The van der Waals surface area contributed by atoms with Crippen LogP contribution in [0.4, 0.5) is 16.2 Å². The summed E-state index contributed by atoms with van der Waals surface area (Å²) >= 11 is 0. The van der Waals surface area contributed by atoms with Gasteiger partial charge in [-0.05, 0) is 31.7 Å². The van der Waals surface area contributed by atoms with Gasteiger partial charge in [0.15, 0.2) is 0 Å². The lowest BCUT2D eigenvalue weighted by atomic mass is 9.89. The lowest BCUT2D eigenvalue weighted by Gasteiger charge is -2.21. The Kier molecular flexibility index (Phi) is 5.14. The van der Waals surface area contributed by atoms with E-state index in [1.807, 2.05) is 0 Å². The molecule has 6 heteroatoms. The van der Waals surface area contributed by atoms with Crippen molar-refractivity contribution in [2.75, 3.05) is 11.9 Å². The fraction of sp³-hybridized carbons (Fsp3) is 0.533. The number of nitro benzene ring substituents is 1. The second kappa shape index (κ2) is 7.06. The molecule has 2 rings (SSSR count). The van der Waals surface area contributed by atoms with Crippen molar-refractivity contribution in [3.05, 3.63) is 33.9 Å². The topological polar surface area (TPSA) is 84.3 Å². The number of amides is 2. The standard InChI is InChI=1S/C15H21N3O3/c1-11-13(8-5-9-14(11)18(20)21)17-15(19)16-10-12-6-3-2-4-7-12/h5,8-9,12H,2-4,6-7,10H2,1H3,(H2,16,17,19). The summed E-state index contributed by atoms with van der Waals surface area (Å²) in [5, 5.41) is 16.4. The summed E-state index contributed by atoms with van der Waals surface area (Å²) < 4.78 is 0. The first-order valence-electron chi connectivity index (χ1n) is 7.37. The highest BCUT2D eigenvalue weighted by Crippen LogP contribution is 2.25. The van der Waals surface area contributed by atoms with Crippen molar-refractivity contribution in [3.8, 4) is 0 Å². The van der Waals surface area contributed by atoms with E-state index in [1.165, 1.54) is 25.3 Å². The summed E-state index contributed by atoms with van der Waals surface area (Å²) in [6, 6.07) is 4.37. The van der Waals surface area contributed by atoms with Gasteiger partial charge in [0, 0.05) is 12.6 Å². The van der Waals surface area contributed by atoms with Gasteiger partial charge in [0.05, 0.1) is 16.2 Å². The number of rotatable bonds is 4. The Hall–Kier alpha value is -2.11. The maximum atomic E-state index is 11.9. The zero-order valence-electron chi connectivity index (χ0n) is 12.2. The molecule has 1 aliphatic carbocycles. The van der Waals surface area contributed by atoms with Crippen LogP contribution in [0.5, 0.6) is 0 Å². The van der Waals surface area contributed by atoms with E-state index in [1.54, 1.807) is 19.1 Å². The van der Waals surface area contributed by atoms with E-state index in [0.717, 1.165) is 12.8 Å². The molecule has 1 saturated carbocycles. The minimum atomic E-state index is -0.444. The summed E-state index contributed by atoms with van der Waals surface area (Å²) in [6.07, 6.45) is 6.08. The van der Waals surface area contributed by atoms with Crippen LogP contribution in [0.15, 0.2) is 18.2 Å². The molecule has 0 radical (unpaired) electrons. The molecule has 0 aliphatic heterocycles. The van der Waals surface area contributed by atoms with Crippen LogP contribution >= 0.6 is 0 Å². The second-order valence-corrected chi connectivity index (χ2v) is 5.55. The summed E-state index contributed by atoms with van der Waals surface area (Å²) in [7, 11) is 0. The quantitative estimate of drug-likeness (QED) is 0.656. The minimum Gasteiger partial charge on any atom is -0.338 e. The second-order valence-electron chi connectivity index (χ2n) is 5.55. The number of nitro groups is 1. The van der Waals surface area contributed by atoms with Crippen molar-refractivity contribution in [1.82, 2.24) is 5.32 Å². The lowest BCUT2D eigenvalue weighted by Crippen LogP contribution is -2.33. The molecule has 0 atom stereocenters. The number of anilines is 1. The average molecular weight is 291 g/mol. The van der Waals surface area contributed by atoms with Gasteiger partial charge in [-0.2, -0.15) is 0 Å². The van der Waals surface area contributed by atoms with E-state index in [4.69, 9.17) is 0 Å². The molecule has 6 nitrogen and oxygen atoms in total. The van der Waals surface area contributed by atoms with Crippen LogP contribution in [0.2, 0.25) is 0 Å². The fourth-order valence-electron chi connectivity index (χ4n) is 2.75. The summed E-state index contributed by atoms with van der Waals surface area (Å²) in [6.45, 7) is 2.30. The molecule has 21 heavy (non-hydrogen) atoms. The average Bonchev–Trinajstić information content (AvgIpc) is 2.48. The van der Waals surface area contributed by atoms with Crippen LogP contribution in [0, 0.1) is 23.0 Å². The third-order valence-electron chi connectivity index (χ3n) is 4.03. The van der Waals surface area contributed by atoms with Gasteiger partial charge in [0.25, 0.3) is 5.69 Å². The van der Waals surface area contributed by atoms with E-state index >= 15 is 0 Å². The van der Waals surface area contributed by atoms with E-state index in [9.17, 15) is 14.9 Å². The van der Waals surface area contributed by atoms with Crippen LogP contribution in [-0.2, 0) is 0 Å².